The molecule has 1 heterocycles. The number of rotatable bonds is 6. The summed E-state index contributed by atoms with van der Waals surface area (Å²) in [6.07, 6.45) is 1.19. The van der Waals surface area contributed by atoms with E-state index in [2.05, 4.69) is 10.6 Å². The van der Waals surface area contributed by atoms with Crippen molar-refractivity contribution in [3.63, 3.8) is 0 Å². The number of amides is 2. The van der Waals surface area contributed by atoms with E-state index in [4.69, 9.17) is 0 Å². The number of carbonyl (C=O) groups is 2. The third-order valence-corrected chi connectivity index (χ3v) is 6.50. The summed E-state index contributed by atoms with van der Waals surface area (Å²) in [5, 5.41) is 5.31. The van der Waals surface area contributed by atoms with Crippen LogP contribution >= 0.6 is 0 Å². The number of piperidine rings is 1. The Kier molecular flexibility index (Phi) is 6.43. The van der Waals surface area contributed by atoms with Crippen molar-refractivity contribution < 1.29 is 18.0 Å². The van der Waals surface area contributed by atoms with Gasteiger partial charge in [-0.2, -0.15) is 4.31 Å². The van der Waals surface area contributed by atoms with Crippen molar-refractivity contribution in [2.24, 2.45) is 5.92 Å². The van der Waals surface area contributed by atoms with Gasteiger partial charge in [0.05, 0.1) is 17.4 Å². The Balaban J connectivity index is 1.55. The molecule has 148 valence electrons. The molecule has 0 spiro atoms. The van der Waals surface area contributed by atoms with E-state index in [1.54, 1.807) is 54.6 Å². The maximum atomic E-state index is 12.8. The van der Waals surface area contributed by atoms with Crippen LogP contribution in [0.25, 0.3) is 0 Å². The number of hydrogen-bond donors (Lipinski definition) is 2. The van der Waals surface area contributed by atoms with E-state index >= 15 is 0 Å². The van der Waals surface area contributed by atoms with Crippen molar-refractivity contribution in [2.75, 3.05) is 25.0 Å². The topological polar surface area (TPSA) is 95.6 Å². The van der Waals surface area contributed by atoms with Gasteiger partial charge in [0.15, 0.2) is 0 Å². The van der Waals surface area contributed by atoms with E-state index < -0.39 is 15.9 Å². The van der Waals surface area contributed by atoms with Gasteiger partial charge in [0.2, 0.25) is 21.8 Å². The molecule has 1 aliphatic rings. The third-order valence-electron chi connectivity index (χ3n) is 4.62. The molecule has 0 unspecified atom stereocenters. The van der Waals surface area contributed by atoms with Gasteiger partial charge in [0.25, 0.3) is 0 Å². The van der Waals surface area contributed by atoms with E-state index in [0.717, 1.165) is 0 Å². The number of benzene rings is 2. The minimum Gasteiger partial charge on any atom is -0.347 e. The fraction of sp³-hybridized carbons (Fsp3) is 0.300. The summed E-state index contributed by atoms with van der Waals surface area (Å²) in [6, 6.07) is 17.2. The quantitative estimate of drug-likeness (QED) is 0.772. The molecule has 1 saturated heterocycles. The highest BCUT2D eigenvalue weighted by Gasteiger charge is 2.33. The second-order valence-electron chi connectivity index (χ2n) is 6.65. The molecular formula is C20H23N3O4S. The standard InChI is InChI=1S/C20H23N3O4S/c24-19(22-17-9-3-1-4-10-17)14-21-20(25)16-8-7-13-23(15-16)28(26,27)18-11-5-2-6-12-18/h1-6,9-12,16H,7-8,13-15H2,(H,21,25)(H,22,24)/t16-/m0/s1. The average molecular weight is 401 g/mol. The highest BCUT2D eigenvalue weighted by molar-refractivity contribution is 7.89. The minimum absolute atomic E-state index is 0.114. The Morgan fingerprint density at radius 1 is 1.00 bits per heavy atom. The summed E-state index contributed by atoms with van der Waals surface area (Å²) in [5.74, 6) is -1.11. The molecular weight excluding hydrogens is 378 g/mol. The molecule has 0 radical (unpaired) electrons. The predicted octanol–water partition coefficient (Wildman–Crippen LogP) is 1.84. The zero-order valence-electron chi connectivity index (χ0n) is 15.4. The molecule has 7 nitrogen and oxygen atoms in total. The maximum Gasteiger partial charge on any atom is 0.243 e. The molecule has 0 aromatic heterocycles. The molecule has 3 rings (SSSR count). The van der Waals surface area contributed by atoms with Crippen LogP contribution in [-0.4, -0.2) is 44.2 Å². The summed E-state index contributed by atoms with van der Waals surface area (Å²) < 4.78 is 26.9. The summed E-state index contributed by atoms with van der Waals surface area (Å²) >= 11 is 0. The lowest BCUT2D eigenvalue weighted by molar-refractivity contribution is -0.128. The van der Waals surface area contributed by atoms with Crippen molar-refractivity contribution in [1.29, 1.82) is 0 Å². The van der Waals surface area contributed by atoms with Crippen LogP contribution in [-0.2, 0) is 19.6 Å². The lowest BCUT2D eigenvalue weighted by Crippen LogP contribution is -2.46. The van der Waals surface area contributed by atoms with Crippen LogP contribution in [0.1, 0.15) is 12.8 Å². The summed E-state index contributed by atoms with van der Waals surface area (Å²) in [6.45, 7) is 0.342. The third kappa shape index (κ3) is 4.96. The van der Waals surface area contributed by atoms with Crippen molar-refractivity contribution >= 4 is 27.5 Å². The maximum absolute atomic E-state index is 12.8. The average Bonchev–Trinajstić information content (AvgIpc) is 2.73. The molecule has 1 aliphatic heterocycles. The van der Waals surface area contributed by atoms with Crippen molar-refractivity contribution in [1.82, 2.24) is 9.62 Å². The number of nitrogens with zero attached hydrogens (tertiary/aromatic N) is 1. The lowest BCUT2D eigenvalue weighted by atomic mass is 9.99. The van der Waals surface area contributed by atoms with E-state index in [9.17, 15) is 18.0 Å². The van der Waals surface area contributed by atoms with E-state index in [1.807, 2.05) is 6.07 Å². The first kappa shape index (κ1) is 20.0. The van der Waals surface area contributed by atoms with Gasteiger partial charge in [-0.15, -0.1) is 0 Å². The smallest absolute Gasteiger partial charge is 0.243 e. The second kappa shape index (κ2) is 8.99. The fourth-order valence-electron chi connectivity index (χ4n) is 3.15. The van der Waals surface area contributed by atoms with E-state index in [1.165, 1.54) is 4.31 Å². The summed E-state index contributed by atoms with van der Waals surface area (Å²) in [5.41, 5.74) is 0.652. The van der Waals surface area contributed by atoms with Gasteiger partial charge in [0, 0.05) is 18.8 Å². The number of sulfonamides is 1. The molecule has 2 aromatic rings. The van der Waals surface area contributed by atoms with Crippen LogP contribution in [0.15, 0.2) is 65.6 Å². The van der Waals surface area contributed by atoms with Gasteiger partial charge in [-0.3, -0.25) is 9.59 Å². The van der Waals surface area contributed by atoms with Crippen LogP contribution < -0.4 is 10.6 Å². The van der Waals surface area contributed by atoms with Crippen LogP contribution in [0.5, 0.6) is 0 Å². The molecule has 2 N–H and O–H groups in total. The Hall–Kier alpha value is -2.71. The largest absolute Gasteiger partial charge is 0.347 e. The van der Waals surface area contributed by atoms with E-state index in [0.29, 0.717) is 25.1 Å². The van der Waals surface area contributed by atoms with Gasteiger partial charge in [-0.05, 0) is 37.1 Å². The Morgan fingerprint density at radius 3 is 2.32 bits per heavy atom. The summed E-state index contributed by atoms with van der Waals surface area (Å²) in [7, 11) is -3.63. The Morgan fingerprint density at radius 2 is 1.64 bits per heavy atom. The van der Waals surface area contributed by atoms with Crippen LogP contribution in [0.2, 0.25) is 0 Å². The number of nitrogens with one attached hydrogen (secondary N) is 2. The molecule has 2 aromatic carbocycles. The fourth-order valence-corrected chi connectivity index (χ4v) is 4.70. The molecule has 8 heteroatoms. The van der Waals surface area contributed by atoms with Crippen molar-refractivity contribution in [3.8, 4) is 0 Å². The van der Waals surface area contributed by atoms with Crippen molar-refractivity contribution in [3.05, 3.63) is 60.7 Å². The first-order valence-corrected chi connectivity index (χ1v) is 10.6. The number of anilines is 1. The Labute approximate surface area is 164 Å². The van der Waals surface area contributed by atoms with Gasteiger partial charge >= 0.3 is 0 Å². The molecule has 0 bridgehead atoms. The van der Waals surface area contributed by atoms with Gasteiger partial charge < -0.3 is 10.6 Å². The number of hydrogen-bond acceptors (Lipinski definition) is 4. The molecule has 2 amide bonds. The highest BCUT2D eigenvalue weighted by atomic mass is 32.2. The molecule has 1 fully saturated rings. The SMILES string of the molecule is O=C(CNC(=O)[C@H]1CCCN(S(=O)(=O)c2ccccc2)C1)Nc1ccccc1. The van der Waals surface area contributed by atoms with Crippen LogP contribution in [0.4, 0.5) is 5.69 Å². The first-order valence-electron chi connectivity index (χ1n) is 9.14. The van der Waals surface area contributed by atoms with Crippen LogP contribution in [0, 0.1) is 5.92 Å². The number of carbonyl (C=O) groups excluding carboxylic acids is 2. The highest BCUT2D eigenvalue weighted by Crippen LogP contribution is 2.23. The minimum atomic E-state index is -3.63. The van der Waals surface area contributed by atoms with Crippen LogP contribution in [0.3, 0.4) is 0 Å². The normalized spacial score (nSPS) is 17.6. The zero-order chi connectivity index (χ0) is 20.0. The Bertz CT molecular complexity index is 917. The van der Waals surface area contributed by atoms with E-state index in [-0.39, 0.29) is 29.8 Å². The molecule has 1 atom stereocenters. The van der Waals surface area contributed by atoms with Gasteiger partial charge in [-0.25, -0.2) is 8.42 Å². The molecule has 0 saturated carbocycles. The summed E-state index contributed by atoms with van der Waals surface area (Å²) in [4.78, 5) is 24.6. The zero-order valence-corrected chi connectivity index (χ0v) is 16.2. The molecule has 0 aliphatic carbocycles. The molecule has 28 heavy (non-hydrogen) atoms. The predicted molar refractivity (Wildman–Crippen MR) is 106 cm³/mol. The second-order valence-corrected chi connectivity index (χ2v) is 8.59. The first-order chi connectivity index (χ1) is 13.5. The van der Waals surface area contributed by atoms with Gasteiger partial charge in [0.1, 0.15) is 0 Å². The van der Waals surface area contributed by atoms with Gasteiger partial charge in [-0.1, -0.05) is 36.4 Å². The van der Waals surface area contributed by atoms with Crippen molar-refractivity contribution in [2.45, 2.75) is 17.7 Å². The number of para-hydroxylation sites is 1. The monoisotopic (exact) mass is 401 g/mol. The lowest BCUT2D eigenvalue weighted by Gasteiger charge is -2.31.